The highest BCUT2D eigenvalue weighted by Crippen LogP contribution is 2.23. The number of anilines is 1. The average Bonchev–Trinajstić information content (AvgIpc) is 2.56. The summed E-state index contributed by atoms with van der Waals surface area (Å²) in [6.45, 7) is 1.81. The number of nitrogens with zero attached hydrogens (tertiary/aromatic N) is 1. The maximum absolute atomic E-state index is 12.2. The summed E-state index contributed by atoms with van der Waals surface area (Å²) in [7, 11) is 0. The van der Waals surface area contributed by atoms with Crippen molar-refractivity contribution in [1.82, 2.24) is 9.97 Å². The highest BCUT2D eigenvalue weighted by Gasteiger charge is 2.19. The van der Waals surface area contributed by atoms with Crippen molar-refractivity contribution in [1.29, 1.82) is 0 Å². The first-order chi connectivity index (χ1) is 11.1. The summed E-state index contributed by atoms with van der Waals surface area (Å²) in [5.74, 6) is -0.110. The van der Waals surface area contributed by atoms with Crippen molar-refractivity contribution >= 4 is 23.4 Å². The third kappa shape index (κ3) is 3.82. The Hall–Kier alpha value is -2.08. The van der Waals surface area contributed by atoms with Gasteiger partial charge in [0.15, 0.2) is 5.16 Å². The fourth-order valence-electron chi connectivity index (χ4n) is 2.62. The van der Waals surface area contributed by atoms with Crippen LogP contribution in [0.1, 0.15) is 31.0 Å². The zero-order valence-electron chi connectivity index (χ0n) is 13.0. The Morgan fingerprint density at radius 3 is 2.78 bits per heavy atom. The molecule has 3 rings (SSSR count). The zero-order chi connectivity index (χ0) is 16.2. The number of aryl methyl sites for hydroxylation is 1. The topological polar surface area (TPSA) is 74.8 Å². The smallest absolute Gasteiger partial charge is 0.254 e. The van der Waals surface area contributed by atoms with Gasteiger partial charge in [-0.15, -0.1) is 0 Å². The molecule has 0 spiro atoms. The maximum Gasteiger partial charge on any atom is 0.254 e. The van der Waals surface area contributed by atoms with Crippen LogP contribution in [0, 0.1) is 0 Å². The third-order valence-electron chi connectivity index (χ3n) is 3.87. The summed E-state index contributed by atoms with van der Waals surface area (Å²) >= 11 is 1.28. The summed E-state index contributed by atoms with van der Waals surface area (Å²) in [5.41, 5.74) is 2.39. The molecule has 6 heteroatoms. The quantitative estimate of drug-likeness (QED) is 0.668. The van der Waals surface area contributed by atoms with Crippen molar-refractivity contribution in [2.75, 3.05) is 5.32 Å². The lowest BCUT2D eigenvalue weighted by atomic mass is 9.97. The van der Waals surface area contributed by atoms with Crippen molar-refractivity contribution < 1.29 is 4.79 Å². The third-order valence-corrected chi connectivity index (χ3v) is 4.85. The number of H-pyrrole nitrogens is 1. The van der Waals surface area contributed by atoms with E-state index in [0.29, 0.717) is 5.16 Å². The number of hydrogen-bond acceptors (Lipinski definition) is 4. The molecule has 0 unspecified atom stereocenters. The summed E-state index contributed by atoms with van der Waals surface area (Å²) in [6.07, 6.45) is 3.75. The molecule has 1 amide bonds. The summed E-state index contributed by atoms with van der Waals surface area (Å²) in [5, 5.41) is 3.03. The number of fused-ring (bicyclic) bond motifs is 1. The van der Waals surface area contributed by atoms with Gasteiger partial charge < -0.3 is 10.3 Å². The molecule has 0 fully saturated rings. The number of nitrogens with one attached hydrogen (secondary N) is 2. The Kier molecular flexibility index (Phi) is 4.81. The van der Waals surface area contributed by atoms with Crippen molar-refractivity contribution in [3.63, 3.8) is 0 Å². The standard InChI is InChI=1S/C17H19N3O2S/c1-11(15(21)18-12-7-3-2-4-8-12)23-17-19-14-10-6-5-9-13(14)16(22)20-17/h2-4,7-8,11H,5-6,9-10H2,1H3,(H,18,21)(H,19,20,22)/t11-/m0/s1. The van der Waals surface area contributed by atoms with Crippen molar-refractivity contribution in [2.24, 2.45) is 0 Å². The molecule has 2 aromatic rings. The second-order valence-electron chi connectivity index (χ2n) is 5.62. The van der Waals surface area contributed by atoms with E-state index in [-0.39, 0.29) is 16.7 Å². The molecule has 1 aromatic heterocycles. The lowest BCUT2D eigenvalue weighted by Gasteiger charge is -2.16. The predicted molar refractivity (Wildman–Crippen MR) is 91.9 cm³/mol. The molecule has 1 aliphatic rings. The molecule has 1 heterocycles. The van der Waals surface area contributed by atoms with Crippen LogP contribution in [0.5, 0.6) is 0 Å². The van der Waals surface area contributed by atoms with Gasteiger partial charge in [0.2, 0.25) is 5.91 Å². The van der Waals surface area contributed by atoms with Crippen molar-refractivity contribution in [2.45, 2.75) is 43.0 Å². The molecule has 0 bridgehead atoms. The number of hydrogen-bond donors (Lipinski definition) is 2. The van der Waals surface area contributed by atoms with Crippen molar-refractivity contribution in [3.8, 4) is 0 Å². The molecule has 1 aliphatic carbocycles. The fraction of sp³-hybridized carbons (Fsp3) is 0.353. The van der Waals surface area contributed by atoms with E-state index in [0.717, 1.165) is 42.6 Å². The molecule has 120 valence electrons. The minimum atomic E-state index is -0.347. The normalized spacial score (nSPS) is 14.8. The van der Waals surface area contributed by atoms with E-state index in [9.17, 15) is 9.59 Å². The highest BCUT2D eigenvalue weighted by atomic mass is 32.2. The monoisotopic (exact) mass is 329 g/mol. The Morgan fingerprint density at radius 2 is 2.00 bits per heavy atom. The molecular formula is C17H19N3O2S. The SMILES string of the molecule is C[C@H](Sc1nc2c(c(=O)[nH]1)CCCC2)C(=O)Nc1ccccc1. The lowest BCUT2D eigenvalue weighted by Crippen LogP contribution is -2.25. The first kappa shape index (κ1) is 15.8. The number of thioether (sulfide) groups is 1. The van der Waals surface area contributed by atoms with Gasteiger partial charge in [0.1, 0.15) is 0 Å². The summed E-state index contributed by atoms with van der Waals surface area (Å²) in [6, 6.07) is 9.32. The number of aromatic nitrogens is 2. The Balaban J connectivity index is 1.70. The van der Waals surface area contributed by atoms with Gasteiger partial charge in [-0.05, 0) is 44.7 Å². The molecule has 1 aromatic carbocycles. The molecule has 2 N–H and O–H groups in total. The first-order valence-electron chi connectivity index (χ1n) is 7.78. The molecule has 0 saturated heterocycles. The zero-order valence-corrected chi connectivity index (χ0v) is 13.8. The number of amides is 1. The van der Waals surface area contributed by atoms with E-state index in [2.05, 4.69) is 15.3 Å². The van der Waals surface area contributed by atoms with Crippen LogP contribution in [-0.4, -0.2) is 21.1 Å². The number of carbonyl (C=O) groups excluding carboxylic acids is 1. The van der Waals surface area contributed by atoms with E-state index in [1.54, 1.807) is 0 Å². The molecule has 5 nitrogen and oxygen atoms in total. The maximum atomic E-state index is 12.2. The van der Waals surface area contributed by atoms with Crippen LogP contribution in [0.3, 0.4) is 0 Å². The van der Waals surface area contributed by atoms with Crippen molar-refractivity contribution in [3.05, 3.63) is 51.9 Å². The fourth-order valence-corrected chi connectivity index (χ4v) is 3.44. The van der Waals surface area contributed by atoms with Crippen LogP contribution in [0.4, 0.5) is 5.69 Å². The molecule has 0 aliphatic heterocycles. The van der Waals surface area contributed by atoms with E-state index in [4.69, 9.17) is 0 Å². The number of para-hydroxylation sites is 1. The average molecular weight is 329 g/mol. The number of rotatable bonds is 4. The second-order valence-corrected chi connectivity index (χ2v) is 6.95. The Labute approximate surface area is 138 Å². The highest BCUT2D eigenvalue weighted by molar-refractivity contribution is 8.00. The minimum absolute atomic E-state index is 0.0622. The van der Waals surface area contributed by atoms with Crippen LogP contribution in [-0.2, 0) is 17.6 Å². The van der Waals surface area contributed by atoms with Gasteiger partial charge in [-0.25, -0.2) is 4.98 Å². The van der Waals surface area contributed by atoms with Gasteiger partial charge in [0.25, 0.3) is 5.56 Å². The molecule has 23 heavy (non-hydrogen) atoms. The van der Waals surface area contributed by atoms with Gasteiger partial charge in [-0.3, -0.25) is 9.59 Å². The van der Waals surface area contributed by atoms with E-state index >= 15 is 0 Å². The largest absolute Gasteiger partial charge is 0.325 e. The van der Waals surface area contributed by atoms with Gasteiger partial charge in [-0.2, -0.15) is 0 Å². The molecule has 0 saturated carbocycles. The lowest BCUT2D eigenvalue weighted by molar-refractivity contribution is -0.115. The first-order valence-corrected chi connectivity index (χ1v) is 8.66. The minimum Gasteiger partial charge on any atom is -0.325 e. The predicted octanol–water partition coefficient (Wildman–Crippen LogP) is 2.77. The van der Waals surface area contributed by atoms with Crippen LogP contribution >= 0.6 is 11.8 Å². The second kappa shape index (κ2) is 7.00. The Morgan fingerprint density at radius 1 is 1.26 bits per heavy atom. The summed E-state index contributed by atoms with van der Waals surface area (Å²) < 4.78 is 0. The molecule has 0 radical (unpaired) electrons. The van der Waals surface area contributed by atoms with E-state index in [1.807, 2.05) is 37.3 Å². The van der Waals surface area contributed by atoms with Gasteiger partial charge in [0.05, 0.1) is 10.9 Å². The van der Waals surface area contributed by atoms with Crippen LogP contribution < -0.4 is 10.9 Å². The Bertz CT molecular complexity index is 758. The molecular weight excluding hydrogens is 310 g/mol. The summed E-state index contributed by atoms with van der Waals surface area (Å²) in [4.78, 5) is 31.7. The molecule has 1 atom stereocenters. The number of benzene rings is 1. The van der Waals surface area contributed by atoms with Gasteiger partial charge in [-0.1, -0.05) is 30.0 Å². The number of carbonyl (C=O) groups is 1. The van der Waals surface area contributed by atoms with Gasteiger partial charge >= 0.3 is 0 Å². The van der Waals surface area contributed by atoms with Crippen LogP contribution in [0.2, 0.25) is 0 Å². The van der Waals surface area contributed by atoms with Gasteiger partial charge in [0, 0.05) is 11.3 Å². The van der Waals surface area contributed by atoms with E-state index < -0.39 is 0 Å². The van der Waals surface area contributed by atoms with Crippen LogP contribution in [0.15, 0.2) is 40.3 Å². The van der Waals surface area contributed by atoms with Crippen LogP contribution in [0.25, 0.3) is 0 Å². The number of aromatic amines is 1. The van der Waals surface area contributed by atoms with E-state index in [1.165, 1.54) is 11.8 Å².